The fraction of sp³-hybridized carbons (Fsp3) is 0.318. The van der Waals surface area contributed by atoms with Crippen molar-refractivity contribution in [3.63, 3.8) is 0 Å². The summed E-state index contributed by atoms with van der Waals surface area (Å²) in [5.41, 5.74) is -2.94. The summed E-state index contributed by atoms with van der Waals surface area (Å²) >= 11 is 4.60. The number of allylic oxidation sites excluding steroid dienone is 2. The van der Waals surface area contributed by atoms with Crippen LogP contribution < -0.4 is 0 Å². The van der Waals surface area contributed by atoms with E-state index in [4.69, 9.17) is 4.74 Å². The van der Waals surface area contributed by atoms with Gasteiger partial charge in [-0.1, -0.05) is 44.2 Å². The largest absolute Gasteiger partial charge is 0.460 e. The van der Waals surface area contributed by atoms with Crippen LogP contribution in [0.4, 0.5) is 30.7 Å². The number of ether oxygens (including phenoxy) is 1. The summed E-state index contributed by atoms with van der Waals surface area (Å²) in [7, 11) is 0. The monoisotopic (exact) mass is 480 g/mol. The van der Waals surface area contributed by atoms with Crippen LogP contribution in [0.25, 0.3) is 11.1 Å². The van der Waals surface area contributed by atoms with Crippen molar-refractivity contribution in [3.05, 3.63) is 71.1 Å². The van der Waals surface area contributed by atoms with E-state index in [1.54, 1.807) is 6.07 Å². The molecule has 0 amide bonds. The SMILES string of the molecule is CC1(C)C(C=C(F)C(F)(F)Cl)C1C(=O)OCc1c(F)c(F)c(F)c(-c2ccccc2)c1F. The van der Waals surface area contributed by atoms with Crippen LogP contribution in [0.5, 0.6) is 0 Å². The standard InChI is InChI=1S/C22H16ClF7O2/c1-21(2)12(8-13(24)22(23,29)30)15(21)20(31)32-9-11-16(25)14(10-6-4-3-5-7-10)18(27)19(28)17(11)26/h3-8,12,15H,9H2,1-2H3. The van der Waals surface area contributed by atoms with Crippen LogP contribution in [0.1, 0.15) is 19.4 Å². The molecule has 0 heterocycles. The number of rotatable bonds is 6. The zero-order valence-electron chi connectivity index (χ0n) is 16.7. The maximum absolute atomic E-state index is 14.9. The molecule has 2 aromatic carbocycles. The summed E-state index contributed by atoms with van der Waals surface area (Å²) in [4.78, 5) is 12.4. The number of carbonyl (C=O) groups is 1. The molecule has 0 spiro atoms. The van der Waals surface area contributed by atoms with E-state index in [2.05, 4.69) is 11.6 Å². The molecule has 172 valence electrons. The van der Waals surface area contributed by atoms with Crippen molar-refractivity contribution in [2.75, 3.05) is 0 Å². The first-order chi connectivity index (χ1) is 14.8. The molecule has 0 radical (unpaired) electrons. The van der Waals surface area contributed by atoms with E-state index in [9.17, 15) is 35.5 Å². The van der Waals surface area contributed by atoms with Gasteiger partial charge in [0.25, 0.3) is 0 Å². The van der Waals surface area contributed by atoms with E-state index in [0.717, 1.165) is 0 Å². The molecular weight excluding hydrogens is 465 g/mol. The van der Waals surface area contributed by atoms with Crippen LogP contribution in [0.15, 0.2) is 42.2 Å². The molecule has 0 N–H and O–H groups in total. The summed E-state index contributed by atoms with van der Waals surface area (Å²) in [6.45, 7) is 1.84. The van der Waals surface area contributed by atoms with Gasteiger partial charge in [-0.2, -0.15) is 8.78 Å². The van der Waals surface area contributed by atoms with E-state index < -0.39 is 75.4 Å². The summed E-state index contributed by atoms with van der Waals surface area (Å²) < 4.78 is 101. The van der Waals surface area contributed by atoms with Crippen LogP contribution >= 0.6 is 11.6 Å². The van der Waals surface area contributed by atoms with E-state index in [-0.39, 0.29) is 5.56 Å². The normalized spacial score (nSPS) is 20.2. The van der Waals surface area contributed by atoms with Crippen LogP contribution in [-0.4, -0.2) is 11.4 Å². The Balaban J connectivity index is 1.85. The fourth-order valence-electron chi connectivity index (χ4n) is 3.59. The van der Waals surface area contributed by atoms with Gasteiger partial charge in [0.15, 0.2) is 23.3 Å². The number of alkyl halides is 3. The topological polar surface area (TPSA) is 26.3 Å². The number of esters is 1. The zero-order chi connectivity index (χ0) is 24.0. The van der Waals surface area contributed by atoms with Crippen LogP contribution in [-0.2, 0) is 16.1 Å². The Kier molecular flexibility index (Phi) is 6.34. The quantitative estimate of drug-likeness (QED) is 0.148. The van der Waals surface area contributed by atoms with Crippen molar-refractivity contribution in [1.29, 1.82) is 0 Å². The van der Waals surface area contributed by atoms with Gasteiger partial charge in [-0.3, -0.25) is 4.79 Å². The molecule has 0 aromatic heterocycles. The van der Waals surface area contributed by atoms with E-state index >= 15 is 0 Å². The predicted octanol–water partition coefficient (Wildman–Crippen LogP) is 6.91. The average Bonchev–Trinajstić information content (AvgIpc) is 3.26. The lowest BCUT2D eigenvalue weighted by molar-refractivity contribution is -0.147. The van der Waals surface area contributed by atoms with E-state index in [1.807, 2.05) is 0 Å². The minimum Gasteiger partial charge on any atom is -0.460 e. The van der Waals surface area contributed by atoms with Gasteiger partial charge in [0.2, 0.25) is 0 Å². The van der Waals surface area contributed by atoms with Crippen molar-refractivity contribution in [2.45, 2.75) is 25.8 Å². The molecule has 2 unspecified atom stereocenters. The molecule has 2 atom stereocenters. The Bertz CT molecular complexity index is 1080. The van der Waals surface area contributed by atoms with Crippen molar-refractivity contribution < 1.29 is 40.3 Å². The molecule has 0 aliphatic heterocycles. The van der Waals surface area contributed by atoms with Crippen molar-refractivity contribution >= 4 is 17.6 Å². The molecule has 32 heavy (non-hydrogen) atoms. The highest BCUT2D eigenvalue weighted by Gasteiger charge is 2.62. The molecular formula is C22H16ClF7O2. The van der Waals surface area contributed by atoms with Gasteiger partial charge in [-0.05, 0) is 34.6 Å². The second-order valence-corrected chi connectivity index (χ2v) is 8.40. The molecule has 10 heteroatoms. The number of hydrogen-bond acceptors (Lipinski definition) is 2. The molecule has 2 aromatic rings. The first-order valence-corrected chi connectivity index (χ1v) is 9.67. The summed E-state index contributed by atoms with van der Waals surface area (Å²) in [5, 5.41) is -4.25. The maximum atomic E-state index is 14.9. The molecule has 1 aliphatic rings. The number of carbonyl (C=O) groups excluding carboxylic acids is 1. The van der Waals surface area contributed by atoms with Crippen LogP contribution in [0.2, 0.25) is 0 Å². The smallest absolute Gasteiger partial charge is 0.373 e. The van der Waals surface area contributed by atoms with Gasteiger partial charge in [-0.25, -0.2) is 22.0 Å². The van der Waals surface area contributed by atoms with Crippen molar-refractivity contribution in [3.8, 4) is 11.1 Å². The van der Waals surface area contributed by atoms with Gasteiger partial charge >= 0.3 is 11.4 Å². The molecule has 1 aliphatic carbocycles. The van der Waals surface area contributed by atoms with Gasteiger partial charge in [-0.15, -0.1) is 0 Å². The molecule has 1 saturated carbocycles. The Morgan fingerprint density at radius 2 is 1.66 bits per heavy atom. The molecule has 0 bridgehead atoms. The lowest BCUT2D eigenvalue weighted by atomic mass is 10.0. The average molecular weight is 481 g/mol. The first kappa shape index (κ1) is 24.1. The van der Waals surface area contributed by atoms with Crippen molar-refractivity contribution in [2.24, 2.45) is 17.3 Å². The molecule has 1 fully saturated rings. The summed E-state index contributed by atoms with van der Waals surface area (Å²) in [6, 6.07) is 6.97. The van der Waals surface area contributed by atoms with E-state index in [1.165, 1.54) is 38.1 Å². The molecule has 3 rings (SSSR count). The Labute approximate surface area is 183 Å². The third-order valence-corrected chi connectivity index (χ3v) is 5.72. The van der Waals surface area contributed by atoms with Gasteiger partial charge in [0, 0.05) is 0 Å². The Morgan fingerprint density at radius 3 is 2.22 bits per heavy atom. The number of hydrogen-bond donors (Lipinski definition) is 0. The third-order valence-electron chi connectivity index (χ3n) is 5.54. The first-order valence-electron chi connectivity index (χ1n) is 9.29. The summed E-state index contributed by atoms with van der Waals surface area (Å²) in [6.07, 6.45) is 0.491. The highest BCUT2D eigenvalue weighted by molar-refractivity contribution is 6.23. The minimum atomic E-state index is -4.25. The zero-order valence-corrected chi connectivity index (χ0v) is 17.4. The van der Waals surface area contributed by atoms with Gasteiger partial charge in [0.05, 0.1) is 17.0 Å². The Morgan fingerprint density at radius 1 is 1.06 bits per heavy atom. The van der Waals surface area contributed by atoms with Gasteiger partial charge < -0.3 is 4.74 Å². The fourth-order valence-corrected chi connectivity index (χ4v) is 3.65. The van der Waals surface area contributed by atoms with E-state index in [0.29, 0.717) is 6.08 Å². The molecule has 0 saturated heterocycles. The van der Waals surface area contributed by atoms with Crippen LogP contribution in [0, 0.1) is 40.5 Å². The summed E-state index contributed by atoms with van der Waals surface area (Å²) in [5.74, 6) is -12.2. The molecule has 2 nitrogen and oxygen atoms in total. The highest BCUT2D eigenvalue weighted by atomic mass is 35.5. The van der Waals surface area contributed by atoms with Crippen molar-refractivity contribution in [1.82, 2.24) is 0 Å². The Hall–Kier alpha value is -2.55. The second kappa shape index (κ2) is 8.42. The maximum Gasteiger partial charge on any atom is 0.373 e. The minimum absolute atomic E-state index is 0.0695. The van der Waals surface area contributed by atoms with Gasteiger partial charge in [0.1, 0.15) is 12.4 Å². The lowest BCUT2D eigenvalue weighted by Crippen LogP contribution is -2.14. The predicted molar refractivity (Wildman–Crippen MR) is 102 cm³/mol. The number of halogens is 8. The highest BCUT2D eigenvalue weighted by Crippen LogP contribution is 2.60. The third kappa shape index (κ3) is 4.35. The lowest BCUT2D eigenvalue weighted by Gasteiger charge is -2.13. The second-order valence-electron chi connectivity index (χ2n) is 7.92. The van der Waals surface area contributed by atoms with Crippen LogP contribution in [0.3, 0.4) is 0 Å². The number of benzene rings is 2.